The molecular formula is C12H22N2O3. The first-order valence-corrected chi connectivity index (χ1v) is 6.10. The highest BCUT2D eigenvalue weighted by molar-refractivity contribution is 5.83. The Morgan fingerprint density at radius 3 is 2.47 bits per heavy atom. The minimum absolute atomic E-state index is 0.00190. The number of esters is 1. The van der Waals surface area contributed by atoms with Crippen molar-refractivity contribution in [1.29, 1.82) is 0 Å². The van der Waals surface area contributed by atoms with Crippen molar-refractivity contribution in [3.8, 4) is 0 Å². The lowest BCUT2D eigenvalue weighted by Crippen LogP contribution is -2.51. The monoisotopic (exact) mass is 242 g/mol. The molecule has 1 rings (SSSR count). The lowest BCUT2D eigenvalue weighted by atomic mass is 10.1. The Hall–Kier alpha value is -1.10. The smallest absolute Gasteiger partial charge is 0.323 e. The topological polar surface area (TPSA) is 58.6 Å². The van der Waals surface area contributed by atoms with Crippen LogP contribution in [-0.2, 0) is 14.3 Å². The third-order valence-corrected chi connectivity index (χ3v) is 3.20. The van der Waals surface area contributed by atoms with E-state index in [1.54, 1.807) is 18.9 Å². The molecule has 1 aliphatic rings. The first kappa shape index (κ1) is 14.0. The summed E-state index contributed by atoms with van der Waals surface area (Å²) in [5.74, 6) is 0.0537. The summed E-state index contributed by atoms with van der Waals surface area (Å²) in [5, 5.41) is 3.08. The normalized spacial score (nSPS) is 18.4. The van der Waals surface area contributed by atoms with Gasteiger partial charge in [0.05, 0.1) is 13.2 Å². The minimum atomic E-state index is -0.357. The Bertz CT molecular complexity index is 289. The third kappa shape index (κ3) is 3.70. The highest BCUT2D eigenvalue weighted by Gasteiger charge is 2.38. The first-order valence-electron chi connectivity index (χ1n) is 6.10. The van der Waals surface area contributed by atoms with Crippen LogP contribution in [0.15, 0.2) is 0 Å². The number of rotatable bonds is 6. The molecule has 0 aromatic rings. The molecule has 1 amide bonds. The van der Waals surface area contributed by atoms with E-state index in [0.717, 1.165) is 12.8 Å². The van der Waals surface area contributed by atoms with E-state index in [9.17, 15) is 9.59 Å². The van der Waals surface area contributed by atoms with Crippen LogP contribution >= 0.6 is 0 Å². The van der Waals surface area contributed by atoms with Crippen molar-refractivity contribution in [3.05, 3.63) is 0 Å². The molecule has 17 heavy (non-hydrogen) atoms. The van der Waals surface area contributed by atoms with E-state index in [1.807, 2.05) is 6.92 Å². The number of ether oxygens (including phenoxy) is 1. The van der Waals surface area contributed by atoms with Gasteiger partial charge < -0.3 is 9.64 Å². The highest BCUT2D eigenvalue weighted by Crippen LogP contribution is 2.33. The summed E-state index contributed by atoms with van der Waals surface area (Å²) < 4.78 is 4.75. The number of nitrogens with zero attached hydrogens (tertiary/aromatic N) is 1. The second-order valence-corrected chi connectivity index (χ2v) is 4.58. The van der Waals surface area contributed by atoms with Crippen LogP contribution < -0.4 is 5.32 Å². The van der Waals surface area contributed by atoms with Gasteiger partial charge in [0, 0.05) is 13.6 Å². The number of hydrogen-bond acceptors (Lipinski definition) is 4. The molecule has 5 heteroatoms. The predicted octanol–water partition coefficient (Wildman–Crippen LogP) is 0.394. The number of methoxy groups -OCH3 is 1. The van der Waals surface area contributed by atoms with Crippen molar-refractivity contribution in [2.75, 3.05) is 20.7 Å². The third-order valence-electron chi connectivity index (χ3n) is 3.20. The zero-order valence-electron chi connectivity index (χ0n) is 11.0. The summed E-state index contributed by atoms with van der Waals surface area (Å²) in [5.41, 5.74) is 0. The van der Waals surface area contributed by atoms with Crippen molar-refractivity contribution in [2.24, 2.45) is 5.92 Å². The van der Waals surface area contributed by atoms with Crippen LogP contribution in [0, 0.1) is 5.92 Å². The molecule has 1 saturated carbocycles. The van der Waals surface area contributed by atoms with Gasteiger partial charge >= 0.3 is 5.97 Å². The van der Waals surface area contributed by atoms with Gasteiger partial charge in [0.2, 0.25) is 5.91 Å². The standard InChI is InChI=1S/C12H22N2O3/c1-5-14(3)11(15)8(2)13-10(9-6-7-9)12(16)17-4/h8-10,13H,5-7H2,1-4H3. The Kier molecular flexibility index (Phi) is 4.93. The quantitative estimate of drug-likeness (QED) is 0.685. The van der Waals surface area contributed by atoms with Crippen molar-refractivity contribution in [3.63, 3.8) is 0 Å². The predicted molar refractivity (Wildman–Crippen MR) is 64.4 cm³/mol. The van der Waals surface area contributed by atoms with Gasteiger partial charge in [0.15, 0.2) is 0 Å². The average molecular weight is 242 g/mol. The van der Waals surface area contributed by atoms with Gasteiger partial charge in [0.25, 0.3) is 0 Å². The molecule has 0 saturated heterocycles. The van der Waals surface area contributed by atoms with Crippen LogP contribution in [0.2, 0.25) is 0 Å². The van der Waals surface area contributed by atoms with Crippen molar-refractivity contribution >= 4 is 11.9 Å². The van der Waals surface area contributed by atoms with Crippen LogP contribution in [0.5, 0.6) is 0 Å². The van der Waals surface area contributed by atoms with E-state index in [1.165, 1.54) is 7.11 Å². The number of amides is 1. The lowest BCUT2D eigenvalue weighted by molar-refractivity contribution is -0.144. The molecule has 0 spiro atoms. The Balaban J connectivity index is 2.54. The first-order chi connectivity index (χ1) is 8.01. The fraction of sp³-hybridized carbons (Fsp3) is 0.833. The second kappa shape index (κ2) is 6.00. The van der Waals surface area contributed by atoms with Crippen LogP contribution in [0.3, 0.4) is 0 Å². The van der Waals surface area contributed by atoms with E-state index in [0.29, 0.717) is 12.5 Å². The number of carbonyl (C=O) groups is 2. The summed E-state index contributed by atoms with van der Waals surface area (Å²) in [6, 6.07) is -0.700. The fourth-order valence-corrected chi connectivity index (χ4v) is 1.78. The maximum Gasteiger partial charge on any atom is 0.323 e. The molecule has 0 aromatic carbocycles. The minimum Gasteiger partial charge on any atom is -0.468 e. The molecule has 0 radical (unpaired) electrons. The number of hydrogen-bond donors (Lipinski definition) is 1. The number of nitrogens with one attached hydrogen (secondary N) is 1. The van der Waals surface area contributed by atoms with Crippen molar-refractivity contribution < 1.29 is 14.3 Å². The van der Waals surface area contributed by atoms with Gasteiger partial charge in [-0.05, 0) is 32.6 Å². The lowest BCUT2D eigenvalue weighted by Gasteiger charge is -2.24. The summed E-state index contributed by atoms with van der Waals surface area (Å²) >= 11 is 0. The van der Waals surface area contributed by atoms with E-state index in [4.69, 9.17) is 4.74 Å². The molecule has 0 aliphatic heterocycles. The molecule has 1 fully saturated rings. The molecule has 0 bridgehead atoms. The van der Waals surface area contributed by atoms with Crippen LogP contribution in [0.4, 0.5) is 0 Å². The molecule has 1 aliphatic carbocycles. The zero-order valence-corrected chi connectivity index (χ0v) is 11.0. The Morgan fingerprint density at radius 1 is 1.47 bits per heavy atom. The van der Waals surface area contributed by atoms with Crippen molar-refractivity contribution in [2.45, 2.75) is 38.8 Å². The molecule has 0 aromatic heterocycles. The van der Waals surface area contributed by atoms with Gasteiger partial charge in [-0.1, -0.05) is 0 Å². The van der Waals surface area contributed by atoms with E-state index < -0.39 is 0 Å². The van der Waals surface area contributed by atoms with E-state index in [2.05, 4.69) is 5.32 Å². The number of likely N-dealkylation sites (N-methyl/N-ethyl adjacent to an activating group) is 1. The SMILES string of the molecule is CCN(C)C(=O)C(C)NC(C(=O)OC)C1CC1. The van der Waals surface area contributed by atoms with Gasteiger partial charge in [0.1, 0.15) is 6.04 Å². The Labute approximate surface area is 102 Å². The summed E-state index contributed by atoms with van der Waals surface area (Å²) in [6.07, 6.45) is 2.05. The molecule has 2 atom stereocenters. The summed E-state index contributed by atoms with van der Waals surface area (Å²) in [7, 11) is 3.13. The van der Waals surface area contributed by atoms with Gasteiger partial charge in [-0.15, -0.1) is 0 Å². The Morgan fingerprint density at radius 2 is 2.06 bits per heavy atom. The van der Waals surface area contributed by atoms with E-state index >= 15 is 0 Å². The highest BCUT2D eigenvalue weighted by atomic mass is 16.5. The van der Waals surface area contributed by atoms with Gasteiger partial charge in [-0.2, -0.15) is 0 Å². The maximum absolute atomic E-state index is 11.9. The summed E-state index contributed by atoms with van der Waals surface area (Å²) in [6.45, 7) is 4.37. The van der Waals surface area contributed by atoms with Crippen molar-refractivity contribution in [1.82, 2.24) is 10.2 Å². The molecule has 0 heterocycles. The molecule has 5 nitrogen and oxygen atoms in total. The van der Waals surface area contributed by atoms with Crippen LogP contribution in [0.25, 0.3) is 0 Å². The molecule has 1 N–H and O–H groups in total. The largest absolute Gasteiger partial charge is 0.468 e. The molecule has 98 valence electrons. The fourth-order valence-electron chi connectivity index (χ4n) is 1.78. The van der Waals surface area contributed by atoms with Crippen LogP contribution in [0.1, 0.15) is 26.7 Å². The van der Waals surface area contributed by atoms with Gasteiger partial charge in [-0.3, -0.25) is 14.9 Å². The summed E-state index contributed by atoms with van der Waals surface area (Å²) in [4.78, 5) is 25.1. The van der Waals surface area contributed by atoms with Crippen LogP contribution in [-0.4, -0.2) is 49.6 Å². The maximum atomic E-state index is 11.9. The molecule has 2 unspecified atom stereocenters. The molecular weight excluding hydrogens is 220 g/mol. The van der Waals surface area contributed by atoms with Gasteiger partial charge in [-0.25, -0.2) is 0 Å². The van der Waals surface area contributed by atoms with E-state index in [-0.39, 0.29) is 24.0 Å². The number of carbonyl (C=O) groups excluding carboxylic acids is 2. The average Bonchev–Trinajstić information content (AvgIpc) is 3.16. The second-order valence-electron chi connectivity index (χ2n) is 4.58. The zero-order chi connectivity index (χ0) is 13.0.